The predicted molar refractivity (Wildman–Crippen MR) is 57.3 cm³/mol. The molecule has 1 aliphatic heterocycles. The third-order valence-electron chi connectivity index (χ3n) is 3.05. The highest BCUT2D eigenvalue weighted by molar-refractivity contribution is 5.82. The topological polar surface area (TPSA) is 26.3 Å². The highest BCUT2D eigenvalue weighted by Gasteiger charge is 2.31. The van der Waals surface area contributed by atoms with Crippen LogP contribution in [-0.4, -0.2) is 18.0 Å². The number of carbonyl (C=O) groups is 1. The Morgan fingerprint density at radius 3 is 2.71 bits per heavy atom. The number of hydrogen-bond donors (Lipinski definition) is 0. The van der Waals surface area contributed by atoms with Gasteiger partial charge in [0.05, 0.1) is 12.2 Å². The van der Waals surface area contributed by atoms with Crippen molar-refractivity contribution in [1.29, 1.82) is 0 Å². The van der Waals surface area contributed by atoms with Crippen molar-refractivity contribution in [2.45, 2.75) is 65.1 Å². The summed E-state index contributed by atoms with van der Waals surface area (Å²) in [6, 6.07) is 0. The number of hydrogen-bond acceptors (Lipinski definition) is 2. The molecule has 0 aliphatic carbocycles. The molecule has 1 aliphatic rings. The maximum atomic E-state index is 11.6. The molecular weight excluding hydrogens is 176 g/mol. The van der Waals surface area contributed by atoms with Gasteiger partial charge in [0.1, 0.15) is 5.78 Å². The van der Waals surface area contributed by atoms with Gasteiger partial charge in [-0.25, -0.2) is 0 Å². The van der Waals surface area contributed by atoms with Crippen LogP contribution in [0.2, 0.25) is 0 Å². The second-order valence-electron chi connectivity index (χ2n) is 4.44. The Bertz CT molecular complexity index is 189. The normalized spacial score (nSPS) is 33.4. The molecule has 82 valence electrons. The molecule has 0 N–H and O–H groups in total. The Balaban J connectivity index is 2.37. The van der Waals surface area contributed by atoms with Crippen LogP contribution in [-0.2, 0) is 9.53 Å². The summed E-state index contributed by atoms with van der Waals surface area (Å²) in [5, 5.41) is 0. The second-order valence-corrected chi connectivity index (χ2v) is 4.44. The summed E-state index contributed by atoms with van der Waals surface area (Å²) in [5.74, 6) is 0.494. The van der Waals surface area contributed by atoms with Crippen LogP contribution in [0.5, 0.6) is 0 Å². The van der Waals surface area contributed by atoms with E-state index in [9.17, 15) is 4.79 Å². The lowest BCUT2D eigenvalue weighted by atomic mass is 9.89. The van der Waals surface area contributed by atoms with E-state index in [-0.39, 0.29) is 18.1 Å². The lowest BCUT2D eigenvalue weighted by Gasteiger charge is -2.32. The van der Waals surface area contributed by atoms with Gasteiger partial charge in [-0.2, -0.15) is 0 Å². The Labute approximate surface area is 87.0 Å². The molecule has 0 radical (unpaired) electrons. The first-order valence-corrected chi connectivity index (χ1v) is 5.83. The van der Waals surface area contributed by atoms with Crippen LogP contribution in [0.1, 0.15) is 52.9 Å². The summed E-state index contributed by atoms with van der Waals surface area (Å²) in [4.78, 5) is 11.6. The summed E-state index contributed by atoms with van der Waals surface area (Å²) >= 11 is 0. The Morgan fingerprint density at radius 2 is 2.07 bits per heavy atom. The fraction of sp³-hybridized carbons (Fsp3) is 0.917. The molecule has 14 heavy (non-hydrogen) atoms. The van der Waals surface area contributed by atoms with Crippen LogP contribution >= 0.6 is 0 Å². The molecule has 0 aromatic carbocycles. The lowest BCUT2D eigenvalue weighted by Crippen LogP contribution is -2.38. The third-order valence-corrected chi connectivity index (χ3v) is 3.05. The molecule has 1 heterocycles. The summed E-state index contributed by atoms with van der Waals surface area (Å²) in [5.41, 5.74) is 0. The van der Waals surface area contributed by atoms with Crippen LogP contribution in [0.4, 0.5) is 0 Å². The second kappa shape index (κ2) is 5.50. The van der Waals surface area contributed by atoms with Crippen molar-refractivity contribution in [3.63, 3.8) is 0 Å². The molecule has 0 amide bonds. The monoisotopic (exact) mass is 198 g/mol. The van der Waals surface area contributed by atoms with E-state index in [1.807, 2.05) is 13.8 Å². The summed E-state index contributed by atoms with van der Waals surface area (Å²) in [6.07, 6.45) is 5.62. The van der Waals surface area contributed by atoms with Crippen LogP contribution in [0.3, 0.4) is 0 Å². The highest BCUT2D eigenvalue weighted by atomic mass is 16.5. The number of Topliss-reactive ketones (excluding diaryl/α,β-unsaturated/α-hetero) is 1. The van der Waals surface area contributed by atoms with Gasteiger partial charge < -0.3 is 4.74 Å². The van der Waals surface area contributed by atoms with E-state index in [1.165, 1.54) is 19.3 Å². The summed E-state index contributed by atoms with van der Waals surface area (Å²) < 4.78 is 5.79. The average molecular weight is 198 g/mol. The van der Waals surface area contributed by atoms with Crippen molar-refractivity contribution in [3.8, 4) is 0 Å². The van der Waals surface area contributed by atoms with E-state index in [1.54, 1.807) is 0 Å². The number of rotatable bonds is 4. The van der Waals surface area contributed by atoms with Gasteiger partial charge in [-0.3, -0.25) is 4.79 Å². The fourth-order valence-corrected chi connectivity index (χ4v) is 2.05. The smallest absolute Gasteiger partial charge is 0.140 e. The summed E-state index contributed by atoms with van der Waals surface area (Å²) in [6.45, 7) is 6.19. The molecule has 0 bridgehead atoms. The Kier molecular flexibility index (Phi) is 4.59. The number of ketones is 1. The van der Waals surface area contributed by atoms with Crippen LogP contribution in [0, 0.1) is 5.92 Å². The van der Waals surface area contributed by atoms with Gasteiger partial charge in [0.25, 0.3) is 0 Å². The first-order valence-electron chi connectivity index (χ1n) is 5.83. The molecule has 0 aromatic rings. The highest BCUT2D eigenvalue weighted by Crippen LogP contribution is 2.25. The fourth-order valence-electron chi connectivity index (χ4n) is 2.05. The summed E-state index contributed by atoms with van der Waals surface area (Å²) in [7, 11) is 0. The van der Waals surface area contributed by atoms with Crippen molar-refractivity contribution in [3.05, 3.63) is 0 Å². The van der Waals surface area contributed by atoms with Gasteiger partial charge >= 0.3 is 0 Å². The van der Waals surface area contributed by atoms with E-state index < -0.39 is 0 Å². The predicted octanol–water partition coefficient (Wildman–Crippen LogP) is 2.95. The molecule has 1 fully saturated rings. The minimum absolute atomic E-state index is 0.114. The molecule has 1 rings (SSSR count). The Hall–Kier alpha value is -0.370. The van der Waals surface area contributed by atoms with Crippen molar-refractivity contribution >= 4 is 5.78 Å². The Morgan fingerprint density at radius 1 is 1.36 bits per heavy atom. The average Bonchev–Trinajstić information content (AvgIpc) is 2.13. The van der Waals surface area contributed by atoms with Gasteiger partial charge in [-0.05, 0) is 13.3 Å². The zero-order chi connectivity index (χ0) is 10.6. The SMILES string of the molecule is CCCCC[C@@H]1O[C@H](C)CC(=O)[C@@H]1C. The number of carbonyl (C=O) groups excluding carboxylic acids is 1. The van der Waals surface area contributed by atoms with Crippen LogP contribution in [0.15, 0.2) is 0 Å². The van der Waals surface area contributed by atoms with Gasteiger partial charge in [0.2, 0.25) is 0 Å². The van der Waals surface area contributed by atoms with Crippen LogP contribution in [0.25, 0.3) is 0 Å². The molecule has 0 aromatic heterocycles. The minimum Gasteiger partial charge on any atom is -0.374 e. The maximum absolute atomic E-state index is 11.6. The lowest BCUT2D eigenvalue weighted by molar-refractivity contribution is -0.143. The van der Waals surface area contributed by atoms with E-state index in [4.69, 9.17) is 4.74 Å². The molecule has 3 atom stereocenters. The van der Waals surface area contributed by atoms with E-state index in [2.05, 4.69) is 6.92 Å². The van der Waals surface area contributed by atoms with Gasteiger partial charge in [0.15, 0.2) is 0 Å². The molecule has 0 saturated carbocycles. The molecule has 0 spiro atoms. The third kappa shape index (κ3) is 3.09. The molecule has 2 nitrogen and oxygen atoms in total. The van der Waals surface area contributed by atoms with Crippen molar-refractivity contribution in [2.75, 3.05) is 0 Å². The van der Waals surface area contributed by atoms with E-state index in [0.717, 1.165) is 6.42 Å². The largest absolute Gasteiger partial charge is 0.374 e. The van der Waals surface area contributed by atoms with E-state index in [0.29, 0.717) is 12.2 Å². The van der Waals surface area contributed by atoms with Crippen molar-refractivity contribution in [2.24, 2.45) is 5.92 Å². The number of ether oxygens (including phenoxy) is 1. The first kappa shape index (κ1) is 11.7. The van der Waals surface area contributed by atoms with Gasteiger partial charge in [-0.1, -0.05) is 33.1 Å². The molecule has 1 saturated heterocycles. The standard InChI is InChI=1S/C12H22O2/c1-4-5-6-7-12-10(3)11(13)8-9(2)14-12/h9-10,12H,4-8H2,1-3H3/t9-,10+,12+/m1/s1. The minimum atomic E-state index is 0.114. The molecular formula is C12H22O2. The van der Waals surface area contributed by atoms with Gasteiger partial charge in [-0.15, -0.1) is 0 Å². The van der Waals surface area contributed by atoms with E-state index >= 15 is 0 Å². The first-order chi connectivity index (χ1) is 6.65. The zero-order valence-corrected chi connectivity index (χ0v) is 9.58. The molecule has 2 heteroatoms. The maximum Gasteiger partial charge on any atom is 0.140 e. The van der Waals surface area contributed by atoms with Crippen molar-refractivity contribution < 1.29 is 9.53 Å². The quantitative estimate of drug-likeness (QED) is 0.649. The van der Waals surface area contributed by atoms with Gasteiger partial charge in [0, 0.05) is 12.3 Å². The zero-order valence-electron chi connectivity index (χ0n) is 9.58. The number of unbranched alkanes of at least 4 members (excludes halogenated alkanes) is 2. The molecule has 0 unspecified atom stereocenters. The van der Waals surface area contributed by atoms with Crippen molar-refractivity contribution in [1.82, 2.24) is 0 Å². The van der Waals surface area contributed by atoms with Crippen LogP contribution < -0.4 is 0 Å².